The number of aliphatic hydroxyl groups excluding tert-OH is 1. The zero-order chi connectivity index (χ0) is 12.7. The summed E-state index contributed by atoms with van der Waals surface area (Å²) in [4.78, 5) is 11.6. The molecule has 0 fully saturated rings. The Hall–Kier alpha value is -1.06. The highest BCUT2D eigenvalue weighted by Crippen LogP contribution is 2.16. The summed E-state index contributed by atoms with van der Waals surface area (Å²) in [7, 11) is 0. The van der Waals surface area contributed by atoms with E-state index >= 15 is 0 Å². The first-order valence-corrected chi connectivity index (χ1v) is 6.18. The van der Waals surface area contributed by atoms with Gasteiger partial charge in [-0.2, -0.15) is 0 Å². The number of benzene rings is 1. The van der Waals surface area contributed by atoms with E-state index in [2.05, 4.69) is 5.32 Å². The highest BCUT2D eigenvalue weighted by atomic mass is 35.5. The van der Waals surface area contributed by atoms with Crippen LogP contribution in [0.3, 0.4) is 0 Å². The van der Waals surface area contributed by atoms with Gasteiger partial charge < -0.3 is 10.4 Å². The van der Waals surface area contributed by atoms with Crippen LogP contribution in [0.25, 0.3) is 0 Å². The van der Waals surface area contributed by atoms with E-state index in [-0.39, 0.29) is 18.6 Å². The number of hydrogen-bond donors (Lipinski definition) is 2. The van der Waals surface area contributed by atoms with Crippen molar-refractivity contribution in [3.63, 3.8) is 0 Å². The van der Waals surface area contributed by atoms with Crippen LogP contribution in [0.4, 0.5) is 0 Å². The zero-order valence-corrected chi connectivity index (χ0v) is 10.7. The largest absolute Gasteiger partial charge is 0.394 e. The highest BCUT2D eigenvalue weighted by Gasteiger charge is 2.09. The predicted molar refractivity (Wildman–Crippen MR) is 69.1 cm³/mol. The van der Waals surface area contributed by atoms with Gasteiger partial charge in [-0.05, 0) is 24.5 Å². The minimum Gasteiger partial charge on any atom is -0.394 e. The van der Waals surface area contributed by atoms with Crippen LogP contribution in [0.2, 0.25) is 5.02 Å². The Kier molecular flexibility index (Phi) is 6.01. The summed E-state index contributed by atoms with van der Waals surface area (Å²) in [6.45, 7) is 1.91. The first-order chi connectivity index (χ1) is 8.17. The number of hydrogen-bond acceptors (Lipinski definition) is 2. The fraction of sp³-hybridized carbons (Fsp3) is 0.462. The molecule has 0 aromatic heterocycles. The van der Waals surface area contributed by atoms with Crippen molar-refractivity contribution in [1.82, 2.24) is 5.32 Å². The Labute approximate surface area is 107 Å². The fourth-order valence-electron chi connectivity index (χ4n) is 1.53. The van der Waals surface area contributed by atoms with E-state index in [4.69, 9.17) is 16.7 Å². The van der Waals surface area contributed by atoms with Crippen molar-refractivity contribution >= 4 is 17.5 Å². The van der Waals surface area contributed by atoms with Crippen molar-refractivity contribution in [3.05, 3.63) is 34.9 Å². The number of nitrogens with one attached hydrogen (secondary N) is 1. The Morgan fingerprint density at radius 2 is 2.18 bits per heavy atom. The van der Waals surface area contributed by atoms with Crippen LogP contribution in [0.15, 0.2) is 24.3 Å². The van der Waals surface area contributed by atoms with E-state index in [1.165, 1.54) is 0 Å². The minimum absolute atomic E-state index is 0.0195. The number of halogens is 1. The quantitative estimate of drug-likeness (QED) is 0.819. The second kappa shape index (κ2) is 7.30. The average molecular weight is 256 g/mol. The van der Waals surface area contributed by atoms with Crippen molar-refractivity contribution in [1.29, 1.82) is 0 Å². The lowest BCUT2D eigenvalue weighted by Crippen LogP contribution is -2.37. The second-order valence-electron chi connectivity index (χ2n) is 3.95. The van der Waals surface area contributed by atoms with Gasteiger partial charge in [0.15, 0.2) is 0 Å². The molecule has 1 aromatic rings. The maximum absolute atomic E-state index is 11.6. The van der Waals surface area contributed by atoms with Gasteiger partial charge in [0.1, 0.15) is 0 Å². The highest BCUT2D eigenvalue weighted by molar-refractivity contribution is 6.31. The van der Waals surface area contributed by atoms with Crippen LogP contribution in [-0.2, 0) is 11.2 Å². The molecule has 3 nitrogen and oxygen atoms in total. The van der Waals surface area contributed by atoms with Crippen molar-refractivity contribution in [2.24, 2.45) is 0 Å². The van der Waals surface area contributed by atoms with Crippen LogP contribution in [0, 0.1) is 0 Å². The lowest BCUT2D eigenvalue weighted by Gasteiger charge is -2.13. The molecule has 2 N–H and O–H groups in total. The van der Waals surface area contributed by atoms with Crippen LogP contribution in [0.1, 0.15) is 25.3 Å². The van der Waals surface area contributed by atoms with Crippen molar-refractivity contribution in [2.45, 2.75) is 32.2 Å². The molecule has 1 rings (SSSR count). The Morgan fingerprint density at radius 3 is 2.76 bits per heavy atom. The summed E-state index contributed by atoms with van der Waals surface area (Å²) >= 11 is 6.00. The molecule has 0 aliphatic heterocycles. The van der Waals surface area contributed by atoms with Crippen LogP contribution < -0.4 is 5.32 Å². The third-order valence-electron chi connectivity index (χ3n) is 2.66. The van der Waals surface area contributed by atoms with Crippen molar-refractivity contribution in [3.8, 4) is 0 Å². The smallest absolute Gasteiger partial charge is 0.220 e. The summed E-state index contributed by atoms with van der Waals surface area (Å²) in [5, 5.41) is 12.4. The van der Waals surface area contributed by atoms with Gasteiger partial charge in [-0.15, -0.1) is 0 Å². The molecule has 0 aliphatic carbocycles. The third-order valence-corrected chi connectivity index (χ3v) is 3.03. The summed E-state index contributed by atoms with van der Waals surface area (Å²) in [6.07, 6.45) is 1.74. The zero-order valence-electron chi connectivity index (χ0n) is 9.95. The summed E-state index contributed by atoms with van der Waals surface area (Å²) in [5.41, 5.74) is 0.973. The van der Waals surface area contributed by atoms with E-state index in [9.17, 15) is 4.79 Å². The Morgan fingerprint density at radius 1 is 1.47 bits per heavy atom. The fourth-order valence-corrected chi connectivity index (χ4v) is 1.76. The summed E-state index contributed by atoms with van der Waals surface area (Å²) in [6, 6.07) is 7.36. The van der Waals surface area contributed by atoms with E-state index in [1.807, 2.05) is 31.2 Å². The molecule has 0 bridgehead atoms. The van der Waals surface area contributed by atoms with E-state index in [0.717, 1.165) is 12.0 Å². The molecule has 1 unspecified atom stereocenters. The van der Waals surface area contributed by atoms with Crippen molar-refractivity contribution in [2.75, 3.05) is 6.61 Å². The minimum atomic E-state index is -0.145. The van der Waals surface area contributed by atoms with Gasteiger partial charge in [-0.25, -0.2) is 0 Å². The summed E-state index contributed by atoms with van der Waals surface area (Å²) in [5.74, 6) is -0.0502. The number of aryl methyl sites for hydroxylation is 1. The Bertz CT molecular complexity index is 364. The summed E-state index contributed by atoms with van der Waals surface area (Å²) < 4.78 is 0. The van der Waals surface area contributed by atoms with Crippen LogP contribution >= 0.6 is 11.6 Å². The Balaban J connectivity index is 2.41. The third kappa shape index (κ3) is 4.75. The predicted octanol–water partition coefficient (Wildman–Crippen LogP) is 2.16. The van der Waals surface area contributed by atoms with Crippen LogP contribution in [-0.4, -0.2) is 23.7 Å². The van der Waals surface area contributed by atoms with Gasteiger partial charge in [-0.3, -0.25) is 4.79 Å². The van der Waals surface area contributed by atoms with Gasteiger partial charge in [0, 0.05) is 11.4 Å². The molecular weight excluding hydrogens is 238 g/mol. The number of aliphatic hydroxyl groups is 1. The number of carbonyl (C=O) groups excluding carboxylic acids is 1. The van der Waals surface area contributed by atoms with Gasteiger partial charge >= 0.3 is 0 Å². The molecule has 17 heavy (non-hydrogen) atoms. The molecule has 94 valence electrons. The first-order valence-electron chi connectivity index (χ1n) is 5.81. The van der Waals surface area contributed by atoms with E-state index < -0.39 is 0 Å². The first kappa shape index (κ1) is 14.0. The number of carbonyl (C=O) groups is 1. The standard InChI is InChI=1S/C13H18ClNO2/c1-2-11(9-16)15-13(17)8-7-10-5-3-4-6-12(10)14/h3-6,11,16H,2,7-9H2,1H3,(H,15,17). The number of rotatable bonds is 6. The molecule has 0 saturated carbocycles. The van der Waals surface area contributed by atoms with Crippen LogP contribution in [0.5, 0.6) is 0 Å². The second-order valence-corrected chi connectivity index (χ2v) is 4.35. The normalized spacial score (nSPS) is 12.2. The number of amides is 1. The lowest BCUT2D eigenvalue weighted by atomic mass is 10.1. The topological polar surface area (TPSA) is 49.3 Å². The molecule has 0 saturated heterocycles. The maximum atomic E-state index is 11.6. The molecule has 1 aromatic carbocycles. The molecule has 1 atom stereocenters. The lowest BCUT2D eigenvalue weighted by molar-refractivity contribution is -0.122. The van der Waals surface area contributed by atoms with E-state index in [1.54, 1.807) is 0 Å². The molecule has 0 spiro atoms. The molecule has 0 heterocycles. The molecule has 0 aliphatic rings. The van der Waals surface area contributed by atoms with Gasteiger partial charge in [-0.1, -0.05) is 36.7 Å². The monoisotopic (exact) mass is 255 g/mol. The molecule has 1 amide bonds. The van der Waals surface area contributed by atoms with Crippen molar-refractivity contribution < 1.29 is 9.90 Å². The van der Waals surface area contributed by atoms with E-state index in [0.29, 0.717) is 17.9 Å². The maximum Gasteiger partial charge on any atom is 0.220 e. The average Bonchev–Trinajstić information content (AvgIpc) is 2.35. The molecular formula is C13H18ClNO2. The SMILES string of the molecule is CCC(CO)NC(=O)CCc1ccccc1Cl. The van der Waals surface area contributed by atoms with Gasteiger partial charge in [0.25, 0.3) is 0 Å². The molecule has 0 radical (unpaired) electrons. The van der Waals surface area contributed by atoms with Gasteiger partial charge in [0.05, 0.1) is 12.6 Å². The molecule has 4 heteroatoms. The van der Waals surface area contributed by atoms with Gasteiger partial charge in [0.2, 0.25) is 5.91 Å².